The summed E-state index contributed by atoms with van der Waals surface area (Å²) in [7, 11) is 1.57. The summed E-state index contributed by atoms with van der Waals surface area (Å²) in [5, 5.41) is 8.64. The van der Waals surface area contributed by atoms with Gasteiger partial charge in [-0.15, -0.1) is 0 Å². The molecule has 0 spiro atoms. The highest BCUT2D eigenvalue weighted by atomic mass is 16.5. The van der Waals surface area contributed by atoms with E-state index in [1.165, 1.54) is 0 Å². The Bertz CT molecular complexity index is 190. The van der Waals surface area contributed by atoms with Gasteiger partial charge in [-0.05, 0) is 6.07 Å². The number of nitrogens with two attached hydrogens (primary N) is 1. The van der Waals surface area contributed by atoms with E-state index in [4.69, 9.17) is 9.94 Å². The third kappa shape index (κ3) is 1.26. The molecule has 0 aromatic heterocycles. The number of hydrogen-bond donors (Lipinski definition) is 2. The second-order valence-corrected chi connectivity index (χ2v) is 1.87. The second kappa shape index (κ2) is 3.20. The minimum atomic E-state index is 0.685. The van der Waals surface area contributed by atoms with Gasteiger partial charge in [0, 0.05) is 6.07 Å². The fourth-order valence-electron chi connectivity index (χ4n) is 0.773. The van der Waals surface area contributed by atoms with Gasteiger partial charge in [-0.1, -0.05) is 12.1 Å². The van der Waals surface area contributed by atoms with E-state index in [0.717, 1.165) is 5.48 Å². The average Bonchev–Trinajstić information content (AvgIpc) is 2.04. The molecular formula is C7H10NO2+. The Morgan fingerprint density at radius 2 is 2.10 bits per heavy atom. The Labute approximate surface area is 59.2 Å². The number of methoxy groups -OCH3 is 1. The van der Waals surface area contributed by atoms with E-state index >= 15 is 0 Å². The zero-order chi connectivity index (χ0) is 7.40. The molecular weight excluding hydrogens is 130 g/mol. The fraction of sp³-hybridized carbons (Fsp3) is 0.143. The molecule has 1 aromatic carbocycles. The summed E-state index contributed by atoms with van der Waals surface area (Å²) >= 11 is 0. The van der Waals surface area contributed by atoms with Gasteiger partial charge in [0.15, 0.2) is 5.75 Å². The third-order valence-electron chi connectivity index (χ3n) is 1.28. The van der Waals surface area contributed by atoms with Crippen LogP contribution in [0.1, 0.15) is 0 Å². The lowest BCUT2D eigenvalue weighted by Gasteiger charge is -1.99. The predicted octanol–water partition coefficient (Wildman–Crippen LogP) is 0.279. The van der Waals surface area contributed by atoms with E-state index in [1.807, 2.05) is 12.1 Å². The van der Waals surface area contributed by atoms with Gasteiger partial charge in [0.2, 0.25) is 5.69 Å². The van der Waals surface area contributed by atoms with Gasteiger partial charge >= 0.3 is 0 Å². The van der Waals surface area contributed by atoms with E-state index in [9.17, 15) is 0 Å². The van der Waals surface area contributed by atoms with E-state index < -0.39 is 0 Å². The van der Waals surface area contributed by atoms with Crippen LogP contribution in [0.2, 0.25) is 0 Å². The smallest absolute Gasteiger partial charge is 0.204 e. The average molecular weight is 140 g/mol. The van der Waals surface area contributed by atoms with Crippen LogP contribution in [0.15, 0.2) is 24.3 Å². The monoisotopic (exact) mass is 140 g/mol. The maximum Gasteiger partial charge on any atom is 0.204 e. The molecule has 3 heteroatoms. The van der Waals surface area contributed by atoms with Crippen LogP contribution in [0.5, 0.6) is 5.75 Å². The molecule has 0 atom stereocenters. The van der Waals surface area contributed by atoms with Gasteiger partial charge in [0.1, 0.15) is 0 Å². The third-order valence-corrected chi connectivity index (χ3v) is 1.28. The molecule has 0 unspecified atom stereocenters. The quantitative estimate of drug-likeness (QED) is 0.458. The summed E-state index contributed by atoms with van der Waals surface area (Å²) in [6.45, 7) is 0. The van der Waals surface area contributed by atoms with Gasteiger partial charge in [0.05, 0.1) is 7.11 Å². The molecule has 0 fully saturated rings. The highest BCUT2D eigenvalue weighted by Gasteiger charge is 2.01. The Balaban J connectivity index is 2.96. The van der Waals surface area contributed by atoms with Crippen LogP contribution < -0.4 is 10.2 Å². The van der Waals surface area contributed by atoms with Crippen LogP contribution in [0.25, 0.3) is 0 Å². The minimum Gasteiger partial charge on any atom is -0.491 e. The van der Waals surface area contributed by atoms with E-state index in [-0.39, 0.29) is 0 Å². The van der Waals surface area contributed by atoms with Crippen molar-refractivity contribution in [3.8, 4) is 5.75 Å². The van der Waals surface area contributed by atoms with Crippen molar-refractivity contribution >= 4 is 5.69 Å². The Hall–Kier alpha value is -1.06. The number of quaternary nitrogens is 1. The summed E-state index contributed by atoms with van der Waals surface area (Å²) in [6, 6.07) is 7.26. The SMILES string of the molecule is COc1ccccc1[NH2+]O. The first-order valence-corrected chi connectivity index (χ1v) is 2.99. The second-order valence-electron chi connectivity index (χ2n) is 1.87. The van der Waals surface area contributed by atoms with Crippen molar-refractivity contribution in [1.82, 2.24) is 0 Å². The lowest BCUT2D eigenvalue weighted by Crippen LogP contribution is -2.73. The van der Waals surface area contributed by atoms with Crippen molar-refractivity contribution in [3.63, 3.8) is 0 Å². The molecule has 10 heavy (non-hydrogen) atoms. The van der Waals surface area contributed by atoms with Crippen LogP contribution in [0, 0.1) is 0 Å². The normalized spacial score (nSPS) is 9.40. The number of benzene rings is 1. The number of ether oxygens (including phenoxy) is 1. The molecule has 0 amide bonds. The molecule has 0 heterocycles. The van der Waals surface area contributed by atoms with E-state index in [0.29, 0.717) is 11.4 Å². The molecule has 1 rings (SSSR count). The Kier molecular flexibility index (Phi) is 2.25. The lowest BCUT2D eigenvalue weighted by molar-refractivity contribution is -0.825. The zero-order valence-electron chi connectivity index (χ0n) is 5.74. The molecule has 0 saturated heterocycles. The Morgan fingerprint density at radius 1 is 1.40 bits per heavy atom. The van der Waals surface area contributed by atoms with E-state index in [2.05, 4.69) is 0 Å². The minimum absolute atomic E-state index is 0.685. The molecule has 54 valence electrons. The lowest BCUT2D eigenvalue weighted by atomic mass is 10.3. The van der Waals surface area contributed by atoms with Crippen molar-refractivity contribution in [2.24, 2.45) is 0 Å². The van der Waals surface area contributed by atoms with Crippen LogP contribution in [-0.4, -0.2) is 12.3 Å². The predicted molar refractivity (Wildman–Crippen MR) is 36.4 cm³/mol. The molecule has 3 N–H and O–H groups in total. The zero-order valence-corrected chi connectivity index (χ0v) is 5.74. The summed E-state index contributed by atoms with van der Waals surface area (Å²) in [6.07, 6.45) is 0. The standard InChI is InChI=1S/C7H9NO2/c1-10-7-5-3-2-4-6(7)8-9/h2-5,8-9H,1H3/p+1. The highest BCUT2D eigenvalue weighted by molar-refractivity contribution is 5.44. The summed E-state index contributed by atoms with van der Waals surface area (Å²) < 4.78 is 4.94. The number of hydrogen-bond acceptors (Lipinski definition) is 2. The van der Waals surface area contributed by atoms with Crippen LogP contribution >= 0.6 is 0 Å². The number of para-hydroxylation sites is 2. The first-order chi connectivity index (χ1) is 4.88. The molecule has 0 aliphatic carbocycles. The van der Waals surface area contributed by atoms with Crippen molar-refractivity contribution < 1.29 is 15.4 Å². The summed E-state index contributed by atoms with van der Waals surface area (Å²) in [5.41, 5.74) is 1.73. The van der Waals surface area contributed by atoms with Gasteiger partial charge in [-0.3, -0.25) is 0 Å². The van der Waals surface area contributed by atoms with E-state index in [1.54, 1.807) is 19.2 Å². The molecule has 0 aliphatic heterocycles. The topological polar surface area (TPSA) is 46.1 Å². The molecule has 3 nitrogen and oxygen atoms in total. The molecule has 0 bridgehead atoms. The Morgan fingerprint density at radius 3 is 2.60 bits per heavy atom. The van der Waals surface area contributed by atoms with Crippen LogP contribution in [-0.2, 0) is 0 Å². The first kappa shape index (κ1) is 7.05. The number of rotatable bonds is 2. The largest absolute Gasteiger partial charge is 0.491 e. The van der Waals surface area contributed by atoms with Crippen molar-refractivity contribution in [1.29, 1.82) is 0 Å². The van der Waals surface area contributed by atoms with Crippen molar-refractivity contribution in [2.45, 2.75) is 0 Å². The van der Waals surface area contributed by atoms with Crippen molar-refractivity contribution in [2.75, 3.05) is 7.11 Å². The maximum absolute atomic E-state index is 8.64. The van der Waals surface area contributed by atoms with Gasteiger partial charge < -0.3 is 4.74 Å². The first-order valence-electron chi connectivity index (χ1n) is 2.99. The molecule has 0 saturated carbocycles. The highest BCUT2D eigenvalue weighted by Crippen LogP contribution is 2.16. The molecule has 0 radical (unpaired) electrons. The van der Waals surface area contributed by atoms with Gasteiger partial charge in [-0.25, -0.2) is 5.21 Å². The van der Waals surface area contributed by atoms with Crippen LogP contribution in [0.4, 0.5) is 5.69 Å². The maximum atomic E-state index is 8.64. The fourth-order valence-corrected chi connectivity index (χ4v) is 0.773. The van der Waals surface area contributed by atoms with Crippen LogP contribution in [0.3, 0.4) is 0 Å². The summed E-state index contributed by atoms with van der Waals surface area (Å²) in [4.78, 5) is 0. The molecule has 1 aromatic rings. The van der Waals surface area contributed by atoms with Crippen molar-refractivity contribution in [3.05, 3.63) is 24.3 Å². The molecule has 0 aliphatic rings. The van der Waals surface area contributed by atoms with Gasteiger partial charge in [-0.2, -0.15) is 5.48 Å². The van der Waals surface area contributed by atoms with Gasteiger partial charge in [0.25, 0.3) is 0 Å². The summed E-state index contributed by atoms with van der Waals surface area (Å²) in [5.74, 6) is 0.685.